The molecule has 3 heteroatoms. The molecule has 0 aliphatic carbocycles. The van der Waals surface area contributed by atoms with Crippen molar-refractivity contribution in [1.29, 1.82) is 0 Å². The summed E-state index contributed by atoms with van der Waals surface area (Å²) in [5.41, 5.74) is 0. The monoisotopic (exact) mass is 178 g/mol. The molecule has 0 aromatic heterocycles. The number of unbranched alkanes of at least 4 members (excludes halogenated alkanes) is 2. The van der Waals surface area contributed by atoms with Gasteiger partial charge in [0.2, 0.25) is 0 Å². The quantitative estimate of drug-likeness (QED) is 0.266. The van der Waals surface area contributed by atoms with Gasteiger partial charge in [0, 0.05) is 6.08 Å². The first kappa shape index (κ1) is 14.5. The summed E-state index contributed by atoms with van der Waals surface area (Å²) in [7, 11) is 0. The summed E-state index contributed by atoms with van der Waals surface area (Å²) in [5.74, 6) is -0.865. The van der Waals surface area contributed by atoms with Crippen LogP contribution >= 0.6 is 0 Å². The van der Waals surface area contributed by atoms with Crippen molar-refractivity contribution in [1.82, 2.24) is 0 Å². The number of carboxylic acid groups (broad SMARTS) is 1. The Morgan fingerprint density at radius 3 is 2.50 bits per heavy atom. The first-order chi connectivity index (χ1) is 5.27. The molecule has 0 rings (SSSR count). The molecule has 0 atom stereocenters. The van der Waals surface area contributed by atoms with Gasteiger partial charge in [-0.2, -0.15) is 0 Å². The van der Waals surface area contributed by atoms with Gasteiger partial charge in [0.05, 0.1) is 0 Å². The van der Waals surface area contributed by atoms with E-state index >= 15 is 0 Å². The maximum atomic E-state index is 9.99. The van der Waals surface area contributed by atoms with Gasteiger partial charge in [0.15, 0.2) is 0 Å². The summed E-state index contributed by atoms with van der Waals surface area (Å²) in [6, 6.07) is 0. The standard InChI is InChI=1S/C9H14O2.Na.H/c1-2-3-4-5-6-7-8-9(10)11;;/h2-3,7-8H,4-6H2,1H3,(H,10,11);;/q;+1;-1. The molecule has 2 nitrogen and oxygen atoms in total. The average molecular weight is 178 g/mol. The van der Waals surface area contributed by atoms with Crippen molar-refractivity contribution in [3.63, 3.8) is 0 Å². The molecule has 1 N–H and O–H groups in total. The Balaban J connectivity index is -0.000000500. The number of aliphatic carboxylic acids is 1. The van der Waals surface area contributed by atoms with Crippen LogP contribution in [0.4, 0.5) is 0 Å². The van der Waals surface area contributed by atoms with Crippen molar-refractivity contribution in [2.75, 3.05) is 0 Å². The largest absolute Gasteiger partial charge is 1.00 e. The van der Waals surface area contributed by atoms with Crippen LogP contribution in [0.1, 0.15) is 27.6 Å². The number of hydrogen-bond acceptors (Lipinski definition) is 1. The summed E-state index contributed by atoms with van der Waals surface area (Å²) in [5, 5.41) is 8.22. The smallest absolute Gasteiger partial charge is 1.00 e. The van der Waals surface area contributed by atoms with Crippen molar-refractivity contribution in [2.45, 2.75) is 26.2 Å². The maximum absolute atomic E-state index is 9.99. The number of hydrogen-bond donors (Lipinski definition) is 1. The van der Waals surface area contributed by atoms with E-state index in [2.05, 4.69) is 6.08 Å². The minimum absolute atomic E-state index is 0. The first-order valence-corrected chi connectivity index (χ1v) is 3.78. The first-order valence-electron chi connectivity index (χ1n) is 3.78. The van der Waals surface area contributed by atoms with Gasteiger partial charge in [-0.3, -0.25) is 0 Å². The Kier molecular flexibility index (Phi) is 13.2. The van der Waals surface area contributed by atoms with Crippen LogP contribution in [0, 0.1) is 0 Å². The summed E-state index contributed by atoms with van der Waals surface area (Å²) in [6.45, 7) is 1.98. The molecule has 0 aliphatic heterocycles. The molecule has 12 heavy (non-hydrogen) atoms. The van der Waals surface area contributed by atoms with Crippen LogP contribution in [-0.4, -0.2) is 11.1 Å². The molecule has 0 spiro atoms. The fraction of sp³-hybridized carbons (Fsp3) is 0.444. The molecule has 0 saturated heterocycles. The van der Waals surface area contributed by atoms with Gasteiger partial charge in [-0.05, 0) is 26.2 Å². The summed E-state index contributed by atoms with van der Waals surface area (Å²) >= 11 is 0. The molecular weight excluding hydrogens is 163 g/mol. The number of rotatable bonds is 5. The summed E-state index contributed by atoms with van der Waals surface area (Å²) < 4.78 is 0. The molecule has 0 fully saturated rings. The molecule has 0 radical (unpaired) electrons. The Bertz CT molecular complexity index is 167. The van der Waals surface area contributed by atoms with Gasteiger partial charge in [0.1, 0.15) is 0 Å². The molecule has 0 aromatic rings. The van der Waals surface area contributed by atoms with Crippen LogP contribution < -0.4 is 29.6 Å². The maximum Gasteiger partial charge on any atom is 1.00 e. The van der Waals surface area contributed by atoms with Crippen LogP contribution in [-0.2, 0) is 4.79 Å². The predicted molar refractivity (Wildman–Crippen MR) is 46.6 cm³/mol. The Morgan fingerprint density at radius 2 is 2.00 bits per heavy atom. The van der Waals surface area contributed by atoms with Crippen molar-refractivity contribution in [3.8, 4) is 0 Å². The van der Waals surface area contributed by atoms with E-state index in [1.54, 1.807) is 6.08 Å². The molecule has 0 bridgehead atoms. The fourth-order valence-corrected chi connectivity index (χ4v) is 0.704. The zero-order chi connectivity index (χ0) is 8.53. The van der Waals surface area contributed by atoms with E-state index < -0.39 is 5.97 Å². The third-order valence-corrected chi connectivity index (χ3v) is 1.24. The van der Waals surface area contributed by atoms with Gasteiger partial charge >= 0.3 is 35.5 Å². The van der Waals surface area contributed by atoms with Gasteiger partial charge in [0.25, 0.3) is 0 Å². The van der Waals surface area contributed by atoms with E-state index in [9.17, 15) is 4.79 Å². The fourth-order valence-electron chi connectivity index (χ4n) is 0.704. The Labute approximate surface area is 97.1 Å². The molecule has 64 valence electrons. The SMILES string of the molecule is CC=CCCCC=CC(=O)O.[H-].[Na+]. The van der Waals surface area contributed by atoms with Crippen LogP contribution in [0.3, 0.4) is 0 Å². The normalized spacial score (nSPS) is 10.4. The van der Waals surface area contributed by atoms with Gasteiger partial charge in [-0.15, -0.1) is 0 Å². The molecule has 0 unspecified atom stereocenters. The van der Waals surface area contributed by atoms with E-state index in [0.29, 0.717) is 0 Å². The summed E-state index contributed by atoms with van der Waals surface area (Å²) in [4.78, 5) is 9.99. The predicted octanol–water partition coefficient (Wildman–Crippen LogP) is -0.510. The number of carboxylic acids is 1. The Hall–Kier alpha value is -0.0500. The number of allylic oxidation sites excluding steroid dienone is 3. The van der Waals surface area contributed by atoms with E-state index in [1.807, 2.05) is 13.0 Å². The van der Waals surface area contributed by atoms with Crippen molar-refractivity contribution < 1.29 is 40.9 Å². The van der Waals surface area contributed by atoms with Crippen LogP contribution in [0.2, 0.25) is 0 Å². The second-order valence-electron chi connectivity index (χ2n) is 2.24. The third kappa shape index (κ3) is 12.6. The van der Waals surface area contributed by atoms with Crippen molar-refractivity contribution >= 4 is 5.97 Å². The zero-order valence-corrected chi connectivity index (χ0v) is 9.79. The molecule has 0 heterocycles. The van der Waals surface area contributed by atoms with E-state index in [1.165, 1.54) is 6.08 Å². The Morgan fingerprint density at radius 1 is 1.42 bits per heavy atom. The van der Waals surface area contributed by atoms with Gasteiger partial charge in [-0.25, -0.2) is 4.79 Å². The van der Waals surface area contributed by atoms with Gasteiger partial charge in [-0.1, -0.05) is 18.2 Å². The molecular formula is C9H15NaO2. The molecule has 0 aliphatic rings. The minimum Gasteiger partial charge on any atom is -1.00 e. The number of carbonyl (C=O) groups is 1. The second-order valence-corrected chi connectivity index (χ2v) is 2.24. The van der Waals surface area contributed by atoms with Crippen LogP contribution in [0.15, 0.2) is 24.3 Å². The van der Waals surface area contributed by atoms with E-state index in [0.717, 1.165) is 19.3 Å². The molecule has 0 saturated carbocycles. The topological polar surface area (TPSA) is 37.3 Å². The van der Waals surface area contributed by atoms with Crippen molar-refractivity contribution in [2.24, 2.45) is 0 Å². The minimum atomic E-state index is -0.865. The van der Waals surface area contributed by atoms with E-state index in [-0.39, 0.29) is 31.0 Å². The van der Waals surface area contributed by atoms with Crippen LogP contribution in [0.5, 0.6) is 0 Å². The summed E-state index contributed by atoms with van der Waals surface area (Å²) in [6.07, 6.45) is 9.85. The van der Waals surface area contributed by atoms with Crippen molar-refractivity contribution in [3.05, 3.63) is 24.3 Å². The van der Waals surface area contributed by atoms with E-state index in [4.69, 9.17) is 5.11 Å². The second kappa shape index (κ2) is 11.0. The van der Waals surface area contributed by atoms with Gasteiger partial charge < -0.3 is 6.53 Å². The molecule has 0 aromatic carbocycles. The zero-order valence-electron chi connectivity index (χ0n) is 8.79. The average Bonchev–Trinajstić information content (AvgIpc) is 1.96. The van der Waals surface area contributed by atoms with Crippen LogP contribution in [0.25, 0.3) is 0 Å². The third-order valence-electron chi connectivity index (χ3n) is 1.24. The molecule has 0 amide bonds.